The van der Waals surface area contributed by atoms with Gasteiger partial charge in [-0.05, 0) is 49.3 Å². The summed E-state index contributed by atoms with van der Waals surface area (Å²) >= 11 is 0. The number of nitrogens with one attached hydrogen (secondary N) is 1. The van der Waals surface area contributed by atoms with Crippen molar-refractivity contribution < 1.29 is 13.9 Å². The van der Waals surface area contributed by atoms with Gasteiger partial charge in [-0.1, -0.05) is 6.07 Å². The Hall–Kier alpha value is -1.13. The monoisotopic (exact) mass is 281 g/mol. The quantitative estimate of drug-likeness (QED) is 0.793. The first kappa shape index (κ1) is 15.3. The average molecular weight is 281 g/mol. The van der Waals surface area contributed by atoms with Gasteiger partial charge in [0.25, 0.3) is 0 Å². The lowest BCUT2D eigenvalue weighted by Crippen LogP contribution is -2.27. The van der Waals surface area contributed by atoms with Crippen LogP contribution in [0.3, 0.4) is 0 Å². The molecule has 0 heterocycles. The molecule has 1 aromatic carbocycles. The summed E-state index contributed by atoms with van der Waals surface area (Å²) in [6, 6.07) is 5.22. The number of hydrogen-bond donors (Lipinski definition) is 1. The molecule has 3 nitrogen and oxygen atoms in total. The molecule has 1 unspecified atom stereocenters. The van der Waals surface area contributed by atoms with E-state index in [1.807, 2.05) is 6.07 Å². The van der Waals surface area contributed by atoms with Gasteiger partial charge in [0.15, 0.2) is 11.6 Å². The number of benzene rings is 1. The number of hydrogen-bond acceptors (Lipinski definition) is 3. The van der Waals surface area contributed by atoms with Gasteiger partial charge in [-0.2, -0.15) is 0 Å². The summed E-state index contributed by atoms with van der Waals surface area (Å²) in [5.41, 5.74) is 1.46. The standard InChI is InChI=1S/C16H24FNO2/c1-12(13-4-5-14(17)15(10-13)20-3)18-11-16(6-7-16)8-9-19-2/h4-5,10,12,18H,6-9,11H2,1-3H3. The first-order chi connectivity index (χ1) is 9.60. The average Bonchev–Trinajstić information content (AvgIpc) is 3.23. The van der Waals surface area contributed by atoms with Gasteiger partial charge in [-0.15, -0.1) is 0 Å². The minimum absolute atomic E-state index is 0.185. The van der Waals surface area contributed by atoms with Crippen LogP contribution in [0.5, 0.6) is 5.75 Å². The van der Waals surface area contributed by atoms with Crippen LogP contribution in [-0.2, 0) is 4.74 Å². The van der Waals surface area contributed by atoms with Crippen molar-refractivity contribution >= 4 is 0 Å². The molecule has 0 aromatic heterocycles. The Morgan fingerprint density at radius 2 is 2.10 bits per heavy atom. The van der Waals surface area contributed by atoms with Crippen molar-refractivity contribution in [3.8, 4) is 5.75 Å². The van der Waals surface area contributed by atoms with Gasteiger partial charge in [0.2, 0.25) is 0 Å². The van der Waals surface area contributed by atoms with Crippen LogP contribution in [-0.4, -0.2) is 27.4 Å². The summed E-state index contributed by atoms with van der Waals surface area (Å²) in [6.45, 7) is 3.90. The fourth-order valence-corrected chi connectivity index (χ4v) is 2.44. The molecule has 0 aliphatic heterocycles. The Morgan fingerprint density at radius 3 is 2.70 bits per heavy atom. The van der Waals surface area contributed by atoms with Crippen LogP contribution in [0.4, 0.5) is 4.39 Å². The first-order valence-corrected chi connectivity index (χ1v) is 7.16. The number of halogens is 1. The van der Waals surface area contributed by atoms with E-state index in [0.29, 0.717) is 11.2 Å². The van der Waals surface area contributed by atoms with Crippen LogP contribution < -0.4 is 10.1 Å². The maximum Gasteiger partial charge on any atom is 0.165 e. The Morgan fingerprint density at radius 1 is 1.35 bits per heavy atom. The Bertz CT molecular complexity index is 446. The zero-order chi connectivity index (χ0) is 14.6. The van der Waals surface area contributed by atoms with E-state index in [-0.39, 0.29) is 11.9 Å². The maximum atomic E-state index is 13.4. The zero-order valence-corrected chi connectivity index (χ0v) is 12.5. The lowest BCUT2D eigenvalue weighted by atomic mass is 10.0. The third-order valence-corrected chi connectivity index (χ3v) is 4.25. The molecule has 1 saturated carbocycles. The molecule has 1 fully saturated rings. The van der Waals surface area contributed by atoms with Gasteiger partial charge in [0.1, 0.15) is 0 Å². The second-order valence-electron chi connectivity index (χ2n) is 5.74. The molecule has 1 aromatic rings. The predicted molar refractivity (Wildman–Crippen MR) is 77.5 cm³/mol. The van der Waals surface area contributed by atoms with Crippen molar-refractivity contribution in [2.24, 2.45) is 5.41 Å². The van der Waals surface area contributed by atoms with Crippen LogP contribution >= 0.6 is 0 Å². The number of methoxy groups -OCH3 is 2. The minimum atomic E-state index is -0.317. The van der Waals surface area contributed by atoms with Gasteiger partial charge >= 0.3 is 0 Å². The van der Waals surface area contributed by atoms with Crippen molar-refractivity contribution in [2.75, 3.05) is 27.4 Å². The number of ether oxygens (including phenoxy) is 2. The fourth-order valence-electron chi connectivity index (χ4n) is 2.44. The molecule has 0 bridgehead atoms. The Kier molecular flexibility index (Phi) is 5.00. The molecule has 112 valence electrons. The van der Waals surface area contributed by atoms with E-state index in [9.17, 15) is 4.39 Å². The summed E-state index contributed by atoms with van der Waals surface area (Å²) in [5, 5.41) is 3.55. The van der Waals surface area contributed by atoms with E-state index in [4.69, 9.17) is 9.47 Å². The van der Waals surface area contributed by atoms with Crippen LogP contribution in [0.15, 0.2) is 18.2 Å². The van der Waals surface area contributed by atoms with E-state index in [0.717, 1.165) is 25.1 Å². The zero-order valence-electron chi connectivity index (χ0n) is 12.5. The van der Waals surface area contributed by atoms with Crippen molar-refractivity contribution in [3.63, 3.8) is 0 Å². The maximum absolute atomic E-state index is 13.4. The highest BCUT2D eigenvalue weighted by molar-refractivity contribution is 5.31. The van der Waals surface area contributed by atoms with Gasteiger partial charge in [0, 0.05) is 26.3 Å². The van der Waals surface area contributed by atoms with E-state index in [1.165, 1.54) is 26.0 Å². The van der Waals surface area contributed by atoms with Crippen LogP contribution in [0.2, 0.25) is 0 Å². The molecule has 20 heavy (non-hydrogen) atoms. The molecule has 0 saturated heterocycles. The fraction of sp³-hybridized carbons (Fsp3) is 0.625. The topological polar surface area (TPSA) is 30.5 Å². The van der Waals surface area contributed by atoms with E-state index in [2.05, 4.69) is 12.2 Å². The summed E-state index contributed by atoms with van der Waals surface area (Å²) in [6.07, 6.45) is 3.64. The number of rotatable bonds is 8. The lowest BCUT2D eigenvalue weighted by Gasteiger charge is -2.20. The largest absolute Gasteiger partial charge is 0.494 e. The molecule has 1 aliphatic rings. The molecule has 1 atom stereocenters. The van der Waals surface area contributed by atoms with Crippen molar-refractivity contribution in [1.82, 2.24) is 5.32 Å². The SMILES string of the molecule is COCCC1(CNC(C)c2ccc(F)c(OC)c2)CC1. The second-order valence-corrected chi connectivity index (χ2v) is 5.74. The van der Waals surface area contributed by atoms with Gasteiger partial charge in [-0.3, -0.25) is 0 Å². The van der Waals surface area contributed by atoms with Crippen LogP contribution in [0.25, 0.3) is 0 Å². The van der Waals surface area contributed by atoms with E-state index >= 15 is 0 Å². The highest BCUT2D eigenvalue weighted by atomic mass is 19.1. The highest BCUT2D eigenvalue weighted by Gasteiger charge is 2.41. The first-order valence-electron chi connectivity index (χ1n) is 7.16. The van der Waals surface area contributed by atoms with Crippen molar-refractivity contribution in [1.29, 1.82) is 0 Å². The molecule has 1 aliphatic carbocycles. The third-order valence-electron chi connectivity index (χ3n) is 4.25. The summed E-state index contributed by atoms with van der Waals surface area (Å²) in [7, 11) is 3.24. The highest BCUT2D eigenvalue weighted by Crippen LogP contribution is 2.48. The second kappa shape index (κ2) is 6.55. The molecular formula is C16H24FNO2. The summed E-state index contributed by atoms with van der Waals surface area (Å²) < 4.78 is 23.6. The normalized spacial score (nSPS) is 17.8. The molecule has 0 amide bonds. The van der Waals surface area contributed by atoms with Crippen molar-refractivity contribution in [3.05, 3.63) is 29.6 Å². The van der Waals surface area contributed by atoms with Gasteiger partial charge in [-0.25, -0.2) is 4.39 Å². The molecule has 1 N–H and O–H groups in total. The van der Waals surface area contributed by atoms with E-state index < -0.39 is 0 Å². The molecule has 2 rings (SSSR count). The van der Waals surface area contributed by atoms with Crippen LogP contribution in [0, 0.1) is 11.2 Å². The minimum Gasteiger partial charge on any atom is -0.494 e. The third kappa shape index (κ3) is 3.70. The molecule has 0 spiro atoms. The van der Waals surface area contributed by atoms with Crippen LogP contribution in [0.1, 0.15) is 37.8 Å². The van der Waals surface area contributed by atoms with Gasteiger partial charge < -0.3 is 14.8 Å². The smallest absolute Gasteiger partial charge is 0.165 e. The van der Waals surface area contributed by atoms with Gasteiger partial charge in [0.05, 0.1) is 7.11 Å². The molecule has 0 radical (unpaired) electrons. The molecule has 4 heteroatoms. The lowest BCUT2D eigenvalue weighted by molar-refractivity contribution is 0.170. The Balaban J connectivity index is 1.90. The van der Waals surface area contributed by atoms with Crippen molar-refractivity contribution in [2.45, 2.75) is 32.2 Å². The summed E-state index contributed by atoms with van der Waals surface area (Å²) in [5.74, 6) is -0.0149. The van der Waals surface area contributed by atoms with E-state index in [1.54, 1.807) is 13.2 Å². The Labute approximate surface area is 120 Å². The molecular weight excluding hydrogens is 257 g/mol. The predicted octanol–water partition coefficient (Wildman–Crippen LogP) is 3.30. The summed E-state index contributed by atoms with van der Waals surface area (Å²) in [4.78, 5) is 0.